The second kappa shape index (κ2) is 16.6. The van der Waals surface area contributed by atoms with Crippen molar-refractivity contribution >= 4 is 16.9 Å². The molecule has 3 nitrogen and oxygen atoms in total. The molecule has 67 heavy (non-hydrogen) atoms. The Kier molecular flexibility index (Phi) is 9.96. The van der Waals surface area contributed by atoms with E-state index < -0.39 is 5.41 Å². The maximum Gasteiger partial charge on any atom is 0.164 e. The molecule has 0 bridgehead atoms. The predicted octanol–water partition coefficient (Wildman–Crippen LogP) is 16.4. The highest BCUT2D eigenvalue weighted by Crippen LogP contribution is 2.64. The number of nitrogens with zero attached hydrogens (tertiary/aromatic N) is 3. The molecule has 0 fully saturated rings. The lowest BCUT2D eigenvalue weighted by molar-refractivity contribution is 0.803. The van der Waals surface area contributed by atoms with Crippen LogP contribution in [0.25, 0.3) is 95.4 Å². The zero-order valence-corrected chi connectivity index (χ0v) is 37.7. The summed E-state index contributed by atoms with van der Waals surface area (Å²) in [6.45, 7) is 6.50. The average Bonchev–Trinajstić information content (AvgIpc) is 4.08. The molecule has 12 rings (SSSR count). The molecule has 0 radical (unpaired) electrons. The molecule has 0 saturated carbocycles. The number of thiophene rings is 1. The Bertz CT molecular complexity index is 3330. The molecule has 10 aromatic rings. The third kappa shape index (κ3) is 6.76. The summed E-state index contributed by atoms with van der Waals surface area (Å²) in [4.78, 5) is 17.7. The van der Waals surface area contributed by atoms with Crippen molar-refractivity contribution in [3.05, 3.63) is 264 Å². The second-order valence-corrected chi connectivity index (χ2v) is 18.0. The summed E-state index contributed by atoms with van der Waals surface area (Å²) in [5.74, 6) is 1.80. The molecule has 2 heterocycles. The minimum atomic E-state index is -0.524. The lowest BCUT2D eigenvalue weighted by Gasteiger charge is -2.30. The van der Waals surface area contributed by atoms with E-state index in [0.29, 0.717) is 17.5 Å². The van der Waals surface area contributed by atoms with Gasteiger partial charge in [-0.3, -0.25) is 0 Å². The summed E-state index contributed by atoms with van der Waals surface area (Å²) >= 11 is 1.83. The molecule has 4 heteroatoms. The quantitative estimate of drug-likeness (QED) is 0.145. The third-order valence-electron chi connectivity index (χ3n) is 13.3. The van der Waals surface area contributed by atoms with E-state index in [1.807, 2.05) is 17.4 Å². The highest BCUT2D eigenvalue weighted by molar-refractivity contribution is 7.11. The van der Waals surface area contributed by atoms with Gasteiger partial charge in [0, 0.05) is 21.6 Å². The number of hydrogen-bond acceptors (Lipinski definition) is 4. The van der Waals surface area contributed by atoms with E-state index in [-0.39, 0.29) is 0 Å². The Balaban J connectivity index is 1.12. The predicted molar refractivity (Wildman–Crippen MR) is 279 cm³/mol. The summed E-state index contributed by atoms with van der Waals surface area (Å²) in [5.41, 5.74) is 19.6. The van der Waals surface area contributed by atoms with E-state index in [4.69, 9.17) is 15.0 Å². The molecule has 1 unspecified atom stereocenters. The summed E-state index contributed by atoms with van der Waals surface area (Å²) in [7, 11) is 0. The zero-order valence-electron chi connectivity index (χ0n) is 36.9. The number of hydrogen-bond donors (Lipinski definition) is 0. The average molecular weight is 874 g/mol. The third-order valence-corrected chi connectivity index (χ3v) is 14.3. The van der Waals surface area contributed by atoms with Crippen LogP contribution < -0.4 is 0 Å². The monoisotopic (exact) mass is 873 g/mol. The molecule has 0 saturated heterocycles. The zero-order chi connectivity index (χ0) is 44.9. The molecule has 2 aliphatic carbocycles. The van der Waals surface area contributed by atoms with Crippen molar-refractivity contribution < 1.29 is 0 Å². The van der Waals surface area contributed by atoms with Crippen LogP contribution >= 0.6 is 11.3 Å². The smallest absolute Gasteiger partial charge is 0.164 e. The van der Waals surface area contributed by atoms with E-state index in [1.165, 1.54) is 38.3 Å². The summed E-state index contributed by atoms with van der Waals surface area (Å²) < 4.78 is 0. The van der Waals surface area contributed by atoms with Crippen LogP contribution in [0.2, 0.25) is 0 Å². The molecule has 8 aromatic carbocycles. The van der Waals surface area contributed by atoms with Gasteiger partial charge in [-0.05, 0) is 144 Å². The van der Waals surface area contributed by atoms with Crippen molar-refractivity contribution in [2.45, 2.75) is 12.3 Å². The van der Waals surface area contributed by atoms with Crippen LogP contribution in [0.4, 0.5) is 0 Å². The fourth-order valence-corrected chi connectivity index (χ4v) is 11.5. The molecular weight excluding hydrogens is 831 g/mol. The largest absolute Gasteiger partial charge is 0.208 e. The fourth-order valence-electron chi connectivity index (χ4n) is 10.3. The van der Waals surface area contributed by atoms with Crippen molar-refractivity contribution in [1.29, 1.82) is 0 Å². The van der Waals surface area contributed by atoms with Gasteiger partial charge in [-0.15, -0.1) is 11.3 Å². The normalized spacial score (nSPS) is 14.6. The highest BCUT2D eigenvalue weighted by atomic mass is 32.1. The number of aromatic nitrogens is 3. The van der Waals surface area contributed by atoms with Crippen molar-refractivity contribution in [2.24, 2.45) is 0 Å². The van der Waals surface area contributed by atoms with Gasteiger partial charge in [-0.25, -0.2) is 15.0 Å². The molecular formula is C63H43N3S. The first-order valence-electron chi connectivity index (χ1n) is 22.7. The Morgan fingerprint density at radius 3 is 1.33 bits per heavy atom. The Morgan fingerprint density at radius 2 is 0.851 bits per heavy atom. The van der Waals surface area contributed by atoms with Gasteiger partial charge < -0.3 is 0 Å². The Morgan fingerprint density at radius 1 is 0.403 bits per heavy atom. The number of allylic oxidation sites excluding steroid dienone is 5. The van der Waals surface area contributed by atoms with Crippen molar-refractivity contribution in [3.63, 3.8) is 0 Å². The standard InChI is InChI=1S/C63H43N3S/c1-3-19-56-52(4-2)54-31-30-45(40-58(54)63(56)57-29-18-17-28-53(57)55-32-33-67-59(55)63)60-64-61(50-36-46(41-20-9-5-10-21-41)34-47(37-50)42-22-11-6-12-23-42)66-62(65-60)51-38-48(43-24-13-7-14-25-43)35-49(39-51)44-26-15-8-16-27-44/h3-40H,2H2,1H3/b19-3-. The molecule has 2 aliphatic rings. The van der Waals surface area contributed by atoms with Crippen LogP contribution in [0.5, 0.6) is 0 Å². The van der Waals surface area contributed by atoms with Gasteiger partial charge in [0.15, 0.2) is 17.5 Å². The van der Waals surface area contributed by atoms with Gasteiger partial charge in [0.25, 0.3) is 0 Å². The van der Waals surface area contributed by atoms with Gasteiger partial charge in [0.05, 0.1) is 5.41 Å². The highest BCUT2D eigenvalue weighted by Gasteiger charge is 2.52. The van der Waals surface area contributed by atoms with Gasteiger partial charge >= 0.3 is 0 Å². The minimum Gasteiger partial charge on any atom is -0.208 e. The van der Waals surface area contributed by atoms with Gasteiger partial charge in [0.2, 0.25) is 0 Å². The first-order chi connectivity index (χ1) is 33.1. The van der Waals surface area contributed by atoms with E-state index in [9.17, 15) is 0 Å². The molecule has 1 atom stereocenters. The number of rotatable bonds is 9. The minimum absolute atomic E-state index is 0.524. The van der Waals surface area contributed by atoms with Crippen molar-refractivity contribution in [3.8, 4) is 89.8 Å². The van der Waals surface area contributed by atoms with E-state index in [1.54, 1.807) is 0 Å². The Labute approximate surface area is 395 Å². The van der Waals surface area contributed by atoms with Crippen molar-refractivity contribution in [2.75, 3.05) is 0 Å². The summed E-state index contributed by atoms with van der Waals surface area (Å²) in [5, 5.41) is 2.23. The molecule has 0 aliphatic heterocycles. The van der Waals surface area contributed by atoms with Crippen LogP contribution in [-0.2, 0) is 5.41 Å². The van der Waals surface area contributed by atoms with Gasteiger partial charge in [-0.1, -0.05) is 183 Å². The van der Waals surface area contributed by atoms with Crippen LogP contribution in [0.3, 0.4) is 0 Å². The lowest BCUT2D eigenvalue weighted by Crippen LogP contribution is -2.26. The lowest BCUT2D eigenvalue weighted by atomic mass is 9.72. The van der Waals surface area contributed by atoms with Crippen molar-refractivity contribution in [1.82, 2.24) is 15.0 Å². The topological polar surface area (TPSA) is 38.7 Å². The van der Waals surface area contributed by atoms with Gasteiger partial charge in [0.1, 0.15) is 0 Å². The number of benzene rings is 8. The maximum atomic E-state index is 5.48. The van der Waals surface area contributed by atoms with Crippen LogP contribution in [0, 0.1) is 0 Å². The SMILES string of the molecule is C=CC1=C(/C=C\C)C2(c3cc(-c4nc(-c5cc(-c6ccccc6)cc(-c6ccccc6)c5)nc(-c5cc(-c6ccccc6)cc(-c6ccccc6)c5)n4)ccc31)c1ccccc1-c1ccsc12. The molecule has 0 N–H and O–H groups in total. The first kappa shape index (κ1) is 40.2. The fraction of sp³-hybridized carbons (Fsp3) is 0.0317. The van der Waals surface area contributed by atoms with E-state index >= 15 is 0 Å². The van der Waals surface area contributed by atoms with Crippen LogP contribution in [0.15, 0.2) is 242 Å². The van der Waals surface area contributed by atoms with E-state index in [2.05, 4.69) is 237 Å². The first-order valence-corrected chi connectivity index (χ1v) is 23.6. The maximum absolute atomic E-state index is 5.48. The second-order valence-electron chi connectivity index (χ2n) is 17.1. The molecule has 316 valence electrons. The van der Waals surface area contributed by atoms with Crippen LogP contribution in [-0.4, -0.2) is 15.0 Å². The van der Waals surface area contributed by atoms with Crippen LogP contribution in [0.1, 0.15) is 28.5 Å². The molecule has 1 spiro atoms. The van der Waals surface area contributed by atoms with Gasteiger partial charge in [-0.2, -0.15) is 0 Å². The summed E-state index contributed by atoms with van der Waals surface area (Å²) in [6.07, 6.45) is 6.48. The summed E-state index contributed by atoms with van der Waals surface area (Å²) in [6, 6.07) is 73.6. The molecule has 2 aromatic heterocycles. The number of fused-ring (bicyclic) bond motifs is 7. The Hall–Kier alpha value is -8.31. The van der Waals surface area contributed by atoms with E-state index in [0.717, 1.165) is 66.8 Å². The molecule has 0 amide bonds.